The molecule has 0 atom stereocenters. The van der Waals surface area contributed by atoms with Crippen LogP contribution in [0.4, 0.5) is 11.4 Å². The van der Waals surface area contributed by atoms with Crippen LogP contribution >= 0.6 is 11.8 Å². The van der Waals surface area contributed by atoms with Crippen LogP contribution in [0.25, 0.3) is 10.8 Å². The summed E-state index contributed by atoms with van der Waals surface area (Å²) in [6.07, 6.45) is 6.14. The van der Waals surface area contributed by atoms with Crippen molar-refractivity contribution in [2.45, 2.75) is 18.9 Å². The van der Waals surface area contributed by atoms with Gasteiger partial charge in [-0.3, -0.25) is 4.98 Å². The van der Waals surface area contributed by atoms with Crippen molar-refractivity contribution in [1.29, 1.82) is 0 Å². The van der Waals surface area contributed by atoms with Crippen molar-refractivity contribution in [1.82, 2.24) is 4.98 Å². The van der Waals surface area contributed by atoms with E-state index in [1.54, 1.807) is 0 Å². The minimum Gasteiger partial charge on any atom is -0.398 e. The van der Waals surface area contributed by atoms with Gasteiger partial charge in [-0.05, 0) is 42.5 Å². The molecule has 0 spiro atoms. The number of hydrogen-bond donors (Lipinski definition) is 2. The Balaban J connectivity index is 1.94. The van der Waals surface area contributed by atoms with Crippen LogP contribution in [-0.4, -0.2) is 22.5 Å². The Hall–Kier alpha value is -1.42. The largest absolute Gasteiger partial charge is 0.398 e. The van der Waals surface area contributed by atoms with Crippen LogP contribution in [0.2, 0.25) is 0 Å². The molecule has 0 aliphatic carbocycles. The van der Waals surface area contributed by atoms with Crippen molar-refractivity contribution >= 4 is 33.9 Å². The SMILES string of the molecule is Nc1ccc(NC2CCSCC2)c2ccncc12. The van der Waals surface area contributed by atoms with Gasteiger partial charge in [-0.2, -0.15) is 11.8 Å². The molecule has 0 unspecified atom stereocenters. The van der Waals surface area contributed by atoms with E-state index in [0.717, 1.165) is 11.1 Å². The molecule has 0 radical (unpaired) electrons. The molecular weight excluding hydrogens is 242 g/mol. The number of nitrogen functional groups attached to an aromatic ring is 1. The molecule has 3 rings (SSSR count). The first-order chi connectivity index (χ1) is 8.84. The van der Waals surface area contributed by atoms with Gasteiger partial charge in [0.15, 0.2) is 0 Å². The van der Waals surface area contributed by atoms with Crippen molar-refractivity contribution in [3.05, 3.63) is 30.6 Å². The maximum Gasteiger partial charge on any atom is 0.0424 e. The lowest BCUT2D eigenvalue weighted by atomic mass is 10.1. The van der Waals surface area contributed by atoms with Gasteiger partial charge in [0.1, 0.15) is 0 Å². The first kappa shape index (κ1) is 11.7. The monoisotopic (exact) mass is 259 g/mol. The molecule has 1 aromatic carbocycles. The lowest BCUT2D eigenvalue weighted by Crippen LogP contribution is -2.24. The summed E-state index contributed by atoms with van der Waals surface area (Å²) in [4.78, 5) is 4.15. The maximum absolute atomic E-state index is 5.99. The van der Waals surface area contributed by atoms with Gasteiger partial charge >= 0.3 is 0 Å². The highest BCUT2D eigenvalue weighted by molar-refractivity contribution is 7.99. The minimum absolute atomic E-state index is 0.589. The number of nitrogens with zero attached hydrogens (tertiary/aromatic N) is 1. The Morgan fingerprint density at radius 3 is 2.83 bits per heavy atom. The third-order valence-corrected chi connectivity index (χ3v) is 4.48. The molecule has 0 saturated carbocycles. The van der Waals surface area contributed by atoms with Crippen LogP contribution < -0.4 is 11.1 Å². The number of rotatable bonds is 2. The average molecular weight is 259 g/mol. The van der Waals surface area contributed by atoms with E-state index in [4.69, 9.17) is 5.73 Å². The van der Waals surface area contributed by atoms with Crippen molar-refractivity contribution < 1.29 is 0 Å². The number of thioether (sulfide) groups is 1. The average Bonchev–Trinajstić information content (AvgIpc) is 2.44. The normalized spacial score (nSPS) is 16.9. The lowest BCUT2D eigenvalue weighted by Gasteiger charge is -2.24. The summed E-state index contributed by atoms with van der Waals surface area (Å²) in [6.45, 7) is 0. The van der Waals surface area contributed by atoms with Crippen LogP contribution in [0.1, 0.15) is 12.8 Å². The molecule has 2 heterocycles. The fraction of sp³-hybridized carbons (Fsp3) is 0.357. The molecule has 1 saturated heterocycles. The van der Waals surface area contributed by atoms with E-state index in [0.29, 0.717) is 6.04 Å². The zero-order valence-corrected chi connectivity index (χ0v) is 11.0. The summed E-state index contributed by atoms with van der Waals surface area (Å²) in [7, 11) is 0. The van der Waals surface area contributed by atoms with Crippen molar-refractivity contribution in [3.63, 3.8) is 0 Å². The van der Waals surface area contributed by atoms with Crippen molar-refractivity contribution in [2.75, 3.05) is 22.6 Å². The van der Waals surface area contributed by atoms with Gasteiger partial charge in [-0.1, -0.05) is 0 Å². The predicted molar refractivity (Wildman–Crippen MR) is 80.1 cm³/mol. The number of anilines is 2. The molecule has 94 valence electrons. The number of pyridine rings is 1. The summed E-state index contributed by atoms with van der Waals surface area (Å²) in [5, 5.41) is 5.86. The second kappa shape index (κ2) is 5.06. The maximum atomic E-state index is 5.99. The lowest BCUT2D eigenvalue weighted by molar-refractivity contribution is 0.667. The number of nitrogens with one attached hydrogen (secondary N) is 1. The first-order valence-corrected chi connectivity index (χ1v) is 7.46. The van der Waals surface area contributed by atoms with E-state index in [1.807, 2.05) is 36.3 Å². The van der Waals surface area contributed by atoms with Crippen LogP contribution in [0, 0.1) is 0 Å². The van der Waals surface area contributed by atoms with E-state index in [1.165, 1.54) is 35.4 Å². The first-order valence-electron chi connectivity index (χ1n) is 6.31. The Morgan fingerprint density at radius 1 is 1.17 bits per heavy atom. The Kier molecular flexibility index (Phi) is 3.28. The Labute approximate surface area is 111 Å². The number of hydrogen-bond acceptors (Lipinski definition) is 4. The van der Waals surface area contributed by atoms with Gasteiger partial charge in [-0.15, -0.1) is 0 Å². The zero-order chi connectivity index (χ0) is 12.4. The van der Waals surface area contributed by atoms with Crippen LogP contribution in [0.15, 0.2) is 30.6 Å². The quantitative estimate of drug-likeness (QED) is 0.814. The zero-order valence-electron chi connectivity index (χ0n) is 10.2. The van der Waals surface area contributed by atoms with Gasteiger partial charge in [0, 0.05) is 40.6 Å². The third-order valence-electron chi connectivity index (χ3n) is 3.43. The molecule has 3 N–H and O–H groups in total. The summed E-state index contributed by atoms with van der Waals surface area (Å²) in [5.41, 5.74) is 7.96. The molecule has 2 aromatic rings. The Morgan fingerprint density at radius 2 is 2.00 bits per heavy atom. The molecule has 0 amide bonds. The van der Waals surface area contributed by atoms with E-state index in [9.17, 15) is 0 Å². The van der Waals surface area contributed by atoms with Gasteiger partial charge in [0.25, 0.3) is 0 Å². The fourth-order valence-electron chi connectivity index (χ4n) is 2.40. The molecular formula is C14H17N3S. The molecule has 1 aromatic heterocycles. The topological polar surface area (TPSA) is 50.9 Å². The fourth-order valence-corrected chi connectivity index (χ4v) is 3.51. The van der Waals surface area contributed by atoms with Crippen molar-refractivity contribution in [2.24, 2.45) is 0 Å². The number of benzene rings is 1. The van der Waals surface area contributed by atoms with E-state index < -0.39 is 0 Å². The number of nitrogens with two attached hydrogens (primary N) is 1. The van der Waals surface area contributed by atoms with Crippen LogP contribution in [-0.2, 0) is 0 Å². The molecule has 18 heavy (non-hydrogen) atoms. The molecule has 1 fully saturated rings. The van der Waals surface area contributed by atoms with E-state index in [-0.39, 0.29) is 0 Å². The van der Waals surface area contributed by atoms with E-state index in [2.05, 4.69) is 16.4 Å². The summed E-state index contributed by atoms with van der Waals surface area (Å²) >= 11 is 2.05. The van der Waals surface area contributed by atoms with E-state index >= 15 is 0 Å². The predicted octanol–water partition coefficient (Wildman–Crippen LogP) is 3.12. The summed E-state index contributed by atoms with van der Waals surface area (Å²) in [6, 6.07) is 6.67. The van der Waals surface area contributed by atoms with Gasteiger partial charge in [0.2, 0.25) is 0 Å². The van der Waals surface area contributed by atoms with Crippen LogP contribution in [0.3, 0.4) is 0 Å². The second-order valence-electron chi connectivity index (χ2n) is 4.65. The number of aromatic nitrogens is 1. The Bertz CT molecular complexity index is 550. The van der Waals surface area contributed by atoms with Gasteiger partial charge in [-0.25, -0.2) is 0 Å². The molecule has 4 heteroatoms. The highest BCUT2D eigenvalue weighted by atomic mass is 32.2. The highest BCUT2D eigenvalue weighted by Gasteiger charge is 2.14. The molecule has 1 aliphatic heterocycles. The van der Waals surface area contributed by atoms with Gasteiger partial charge < -0.3 is 11.1 Å². The molecule has 0 bridgehead atoms. The van der Waals surface area contributed by atoms with Crippen molar-refractivity contribution in [3.8, 4) is 0 Å². The summed E-state index contributed by atoms with van der Waals surface area (Å²) < 4.78 is 0. The molecule has 1 aliphatic rings. The highest BCUT2D eigenvalue weighted by Crippen LogP contribution is 2.29. The van der Waals surface area contributed by atoms with Crippen LogP contribution in [0.5, 0.6) is 0 Å². The summed E-state index contributed by atoms with van der Waals surface area (Å²) in [5.74, 6) is 2.51. The smallest absolute Gasteiger partial charge is 0.0424 e. The standard InChI is InChI=1S/C14H17N3S/c15-13-1-2-14(11-3-6-16-9-12(11)13)17-10-4-7-18-8-5-10/h1-3,6,9-10,17H,4-5,7-8,15H2. The molecule has 3 nitrogen and oxygen atoms in total. The second-order valence-corrected chi connectivity index (χ2v) is 5.88. The third kappa shape index (κ3) is 2.25. The number of fused-ring (bicyclic) bond motifs is 1. The minimum atomic E-state index is 0.589. The van der Waals surface area contributed by atoms with Gasteiger partial charge in [0.05, 0.1) is 0 Å².